The van der Waals surface area contributed by atoms with Crippen LogP contribution in [0.4, 0.5) is 0 Å². The molecule has 0 rings (SSSR count). The molecule has 0 aliphatic heterocycles. The zero-order chi connectivity index (χ0) is 23.8. The number of amides is 3. The second-order valence-electron chi connectivity index (χ2n) is 6.95. The van der Waals surface area contributed by atoms with Crippen LogP contribution < -0.4 is 33.2 Å². The summed E-state index contributed by atoms with van der Waals surface area (Å²) in [4.78, 5) is 59.0. The van der Waals surface area contributed by atoms with Crippen LogP contribution in [0.3, 0.4) is 0 Å². The molecule has 0 aliphatic rings. The molecule has 3 atom stereocenters. The van der Waals surface area contributed by atoms with Gasteiger partial charge in [0.25, 0.3) is 0 Å². The SMILES string of the molecule is NCCCCC(NC(=O)CN)C(=O)NC(CCCCN)C(=O)NC(CC(=O)O)C(=O)O. The largest absolute Gasteiger partial charge is 0.481 e. The van der Waals surface area contributed by atoms with Crippen molar-refractivity contribution < 1.29 is 34.2 Å². The minimum atomic E-state index is -1.66. The lowest BCUT2D eigenvalue weighted by Gasteiger charge is -2.24. The first kappa shape index (κ1) is 28.2. The standard InChI is InChI=1S/C18H34N6O7/c19-7-3-1-5-11(22-14(25)10-21)16(28)23-12(6-2-4-8-20)17(29)24-13(18(30)31)9-15(26)27/h11-13H,1-10,19-21H2,(H,22,25)(H,23,28)(H,24,29)(H,26,27)(H,30,31). The van der Waals surface area contributed by atoms with E-state index in [4.69, 9.17) is 27.4 Å². The lowest BCUT2D eigenvalue weighted by atomic mass is 10.0. The highest BCUT2D eigenvalue weighted by molar-refractivity contribution is 5.94. The number of nitrogens with two attached hydrogens (primary N) is 3. The summed E-state index contributed by atoms with van der Waals surface area (Å²) in [5.74, 6) is -4.95. The van der Waals surface area contributed by atoms with Gasteiger partial charge in [-0.3, -0.25) is 19.2 Å². The summed E-state index contributed by atoms with van der Waals surface area (Å²) >= 11 is 0. The average molecular weight is 447 g/mol. The van der Waals surface area contributed by atoms with Crippen LogP contribution in [0.15, 0.2) is 0 Å². The van der Waals surface area contributed by atoms with Crippen LogP contribution in [0.25, 0.3) is 0 Å². The Morgan fingerprint density at radius 1 is 0.677 bits per heavy atom. The molecular formula is C18H34N6O7. The molecule has 0 aromatic carbocycles. The van der Waals surface area contributed by atoms with E-state index in [1.807, 2.05) is 0 Å². The van der Waals surface area contributed by atoms with Gasteiger partial charge in [-0.15, -0.1) is 0 Å². The Morgan fingerprint density at radius 2 is 1.13 bits per heavy atom. The fourth-order valence-corrected chi connectivity index (χ4v) is 2.70. The normalized spacial score (nSPS) is 13.5. The van der Waals surface area contributed by atoms with E-state index in [1.54, 1.807) is 0 Å². The zero-order valence-corrected chi connectivity index (χ0v) is 17.5. The van der Waals surface area contributed by atoms with Gasteiger partial charge in [-0.25, -0.2) is 4.79 Å². The Kier molecular flexibility index (Phi) is 14.6. The Bertz CT molecular complexity index is 616. The van der Waals surface area contributed by atoms with Gasteiger partial charge in [0.05, 0.1) is 13.0 Å². The second-order valence-corrected chi connectivity index (χ2v) is 6.95. The van der Waals surface area contributed by atoms with Crippen molar-refractivity contribution >= 4 is 29.7 Å². The summed E-state index contributed by atoms with van der Waals surface area (Å²) in [6.45, 7) is 0.438. The van der Waals surface area contributed by atoms with E-state index in [-0.39, 0.29) is 19.4 Å². The van der Waals surface area contributed by atoms with E-state index in [0.29, 0.717) is 38.8 Å². The molecule has 0 radical (unpaired) electrons. The van der Waals surface area contributed by atoms with Crippen LogP contribution in [0.1, 0.15) is 44.9 Å². The van der Waals surface area contributed by atoms with Crippen molar-refractivity contribution in [2.24, 2.45) is 17.2 Å². The van der Waals surface area contributed by atoms with Crippen molar-refractivity contribution in [1.82, 2.24) is 16.0 Å². The Morgan fingerprint density at radius 3 is 1.52 bits per heavy atom. The molecule has 0 spiro atoms. The molecule has 0 aromatic heterocycles. The first-order valence-corrected chi connectivity index (χ1v) is 10.1. The molecule has 0 saturated heterocycles. The van der Waals surface area contributed by atoms with Crippen molar-refractivity contribution in [3.8, 4) is 0 Å². The first-order chi connectivity index (χ1) is 14.7. The molecule has 3 unspecified atom stereocenters. The van der Waals surface area contributed by atoms with Crippen molar-refractivity contribution in [3.63, 3.8) is 0 Å². The van der Waals surface area contributed by atoms with E-state index >= 15 is 0 Å². The molecule has 31 heavy (non-hydrogen) atoms. The molecule has 3 amide bonds. The molecule has 0 aromatic rings. The van der Waals surface area contributed by atoms with E-state index in [2.05, 4.69) is 16.0 Å². The fourth-order valence-electron chi connectivity index (χ4n) is 2.70. The van der Waals surface area contributed by atoms with Gasteiger partial charge < -0.3 is 43.4 Å². The third-order valence-electron chi connectivity index (χ3n) is 4.36. The van der Waals surface area contributed by atoms with Crippen molar-refractivity contribution in [2.75, 3.05) is 19.6 Å². The highest BCUT2D eigenvalue weighted by atomic mass is 16.4. The van der Waals surface area contributed by atoms with E-state index in [1.165, 1.54) is 0 Å². The number of rotatable bonds is 17. The summed E-state index contributed by atoms with van der Waals surface area (Å²) in [5.41, 5.74) is 16.2. The Labute approximate surface area is 180 Å². The van der Waals surface area contributed by atoms with Crippen molar-refractivity contribution in [2.45, 2.75) is 63.1 Å². The number of carboxylic acids is 2. The molecule has 0 saturated carbocycles. The van der Waals surface area contributed by atoms with Crippen LogP contribution in [0, 0.1) is 0 Å². The maximum atomic E-state index is 12.7. The van der Waals surface area contributed by atoms with Gasteiger partial charge in [0.15, 0.2) is 0 Å². The second kappa shape index (κ2) is 16.0. The van der Waals surface area contributed by atoms with Gasteiger partial charge in [-0.2, -0.15) is 0 Å². The maximum Gasteiger partial charge on any atom is 0.326 e. The van der Waals surface area contributed by atoms with Crippen LogP contribution in [0.5, 0.6) is 0 Å². The van der Waals surface area contributed by atoms with Crippen LogP contribution >= 0.6 is 0 Å². The molecule has 13 heteroatoms. The predicted molar refractivity (Wildman–Crippen MR) is 111 cm³/mol. The highest BCUT2D eigenvalue weighted by Crippen LogP contribution is 2.06. The predicted octanol–water partition coefficient (Wildman–Crippen LogP) is -2.78. The van der Waals surface area contributed by atoms with Gasteiger partial charge in [-0.05, 0) is 51.6 Å². The number of hydrogen-bond acceptors (Lipinski definition) is 8. The average Bonchev–Trinajstić information content (AvgIpc) is 2.71. The number of hydrogen-bond donors (Lipinski definition) is 8. The monoisotopic (exact) mass is 446 g/mol. The van der Waals surface area contributed by atoms with E-state index < -0.39 is 54.2 Å². The number of aliphatic carboxylic acids is 2. The van der Waals surface area contributed by atoms with E-state index in [0.717, 1.165) is 0 Å². The lowest BCUT2D eigenvalue weighted by Crippen LogP contribution is -2.56. The van der Waals surface area contributed by atoms with E-state index in [9.17, 15) is 24.0 Å². The van der Waals surface area contributed by atoms with Gasteiger partial charge in [0, 0.05) is 0 Å². The molecule has 0 heterocycles. The summed E-state index contributed by atoms with van der Waals surface area (Å²) in [6, 6.07) is -3.75. The fraction of sp³-hybridized carbons (Fsp3) is 0.722. The lowest BCUT2D eigenvalue weighted by molar-refractivity contribution is -0.147. The minimum absolute atomic E-state index is 0.147. The number of carboxylic acid groups (broad SMARTS) is 2. The van der Waals surface area contributed by atoms with Gasteiger partial charge >= 0.3 is 11.9 Å². The molecule has 0 aliphatic carbocycles. The summed E-state index contributed by atoms with van der Waals surface area (Å²) in [6.07, 6.45) is 1.77. The summed E-state index contributed by atoms with van der Waals surface area (Å²) in [5, 5.41) is 25.1. The third-order valence-corrected chi connectivity index (χ3v) is 4.36. The smallest absolute Gasteiger partial charge is 0.326 e. The van der Waals surface area contributed by atoms with Crippen molar-refractivity contribution in [1.29, 1.82) is 0 Å². The summed E-state index contributed by atoms with van der Waals surface area (Å²) < 4.78 is 0. The maximum absolute atomic E-state index is 12.7. The molecule has 0 bridgehead atoms. The minimum Gasteiger partial charge on any atom is -0.481 e. The molecule has 178 valence electrons. The number of nitrogens with one attached hydrogen (secondary N) is 3. The van der Waals surface area contributed by atoms with Crippen LogP contribution in [0.2, 0.25) is 0 Å². The van der Waals surface area contributed by atoms with Gasteiger partial charge in [0.1, 0.15) is 18.1 Å². The van der Waals surface area contributed by atoms with Crippen LogP contribution in [-0.4, -0.2) is 77.6 Å². The Hall–Kier alpha value is -2.77. The van der Waals surface area contributed by atoms with Gasteiger partial charge in [0.2, 0.25) is 17.7 Å². The number of unbranched alkanes of at least 4 members (excludes halogenated alkanes) is 2. The molecule has 13 nitrogen and oxygen atoms in total. The topological polar surface area (TPSA) is 240 Å². The number of carbonyl (C=O) groups excluding carboxylic acids is 3. The summed E-state index contributed by atoms with van der Waals surface area (Å²) in [7, 11) is 0. The molecule has 0 fully saturated rings. The first-order valence-electron chi connectivity index (χ1n) is 10.1. The quantitative estimate of drug-likeness (QED) is 0.107. The third kappa shape index (κ3) is 12.5. The van der Waals surface area contributed by atoms with Crippen molar-refractivity contribution in [3.05, 3.63) is 0 Å². The van der Waals surface area contributed by atoms with Crippen LogP contribution in [-0.2, 0) is 24.0 Å². The molecular weight excluding hydrogens is 412 g/mol. The molecule has 11 N–H and O–H groups in total. The number of carbonyl (C=O) groups is 5. The zero-order valence-electron chi connectivity index (χ0n) is 17.5. The highest BCUT2D eigenvalue weighted by Gasteiger charge is 2.30. The van der Waals surface area contributed by atoms with Gasteiger partial charge in [-0.1, -0.05) is 0 Å². The Balaban J connectivity index is 5.34.